The molecule has 2 heterocycles. The second kappa shape index (κ2) is 8.10. The second-order valence-corrected chi connectivity index (χ2v) is 6.99. The summed E-state index contributed by atoms with van der Waals surface area (Å²) in [6, 6.07) is 8.55. The molecule has 0 spiro atoms. The molecule has 7 nitrogen and oxygen atoms in total. The van der Waals surface area contributed by atoms with Crippen molar-refractivity contribution in [3.8, 4) is 6.07 Å². The molecule has 0 bridgehead atoms. The van der Waals surface area contributed by atoms with Gasteiger partial charge in [0.2, 0.25) is 5.91 Å². The summed E-state index contributed by atoms with van der Waals surface area (Å²) in [5.41, 5.74) is 1.42. The van der Waals surface area contributed by atoms with E-state index in [0.29, 0.717) is 23.7 Å². The van der Waals surface area contributed by atoms with E-state index in [1.54, 1.807) is 41.5 Å². The fourth-order valence-electron chi connectivity index (χ4n) is 2.85. The van der Waals surface area contributed by atoms with Crippen LogP contribution in [-0.4, -0.2) is 35.8 Å². The molecule has 0 unspecified atom stereocenters. The standard InChI is InChI=1S/C19H17N3O4S/c1-12-11-27-18(21-12)14(9-20)16(23)10-26-19(25)13-5-2-3-6-15(13)22-8-4-7-17(22)24/h2-3,5-6,11,14H,4,7-8,10H2,1H3/t14-/m1/s1. The SMILES string of the molecule is Cc1csc([C@H](C#N)C(=O)COC(=O)c2ccccc2N2CCCC2=O)n1. The Labute approximate surface area is 160 Å². The maximum absolute atomic E-state index is 12.5. The molecule has 1 aliphatic rings. The molecule has 2 aromatic rings. The van der Waals surface area contributed by atoms with Gasteiger partial charge in [0.05, 0.1) is 17.3 Å². The van der Waals surface area contributed by atoms with Crippen LogP contribution < -0.4 is 4.90 Å². The number of esters is 1. The van der Waals surface area contributed by atoms with E-state index in [1.165, 1.54) is 11.3 Å². The second-order valence-electron chi connectivity index (χ2n) is 6.10. The Balaban J connectivity index is 1.70. The van der Waals surface area contributed by atoms with Gasteiger partial charge in [-0.05, 0) is 25.5 Å². The highest BCUT2D eigenvalue weighted by atomic mass is 32.1. The molecule has 0 N–H and O–H groups in total. The monoisotopic (exact) mass is 383 g/mol. The maximum Gasteiger partial charge on any atom is 0.340 e. The van der Waals surface area contributed by atoms with Crippen molar-refractivity contribution in [3.63, 3.8) is 0 Å². The summed E-state index contributed by atoms with van der Waals surface area (Å²) in [5.74, 6) is -2.34. The summed E-state index contributed by atoms with van der Waals surface area (Å²) in [7, 11) is 0. The van der Waals surface area contributed by atoms with Crippen molar-refractivity contribution in [1.29, 1.82) is 5.26 Å². The zero-order chi connectivity index (χ0) is 19.4. The number of hydrogen-bond donors (Lipinski definition) is 0. The van der Waals surface area contributed by atoms with Crippen molar-refractivity contribution >= 4 is 34.7 Å². The first kappa shape index (κ1) is 18.7. The van der Waals surface area contributed by atoms with Crippen LogP contribution in [0.2, 0.25) is 0 Å². The highest BCUT2D eigenvalue weighted by Gasteiger charge is 2.28. The van der Waals surface area contributed by atoms with E-state index in [0.717, 1.165) is 12.1 Å². The number of ether oxygens (including phenoxy) is 1. The van der Waals surface area contributed by atoms with Gasteiger partial charge in [-0.25, -0.2) is 9.78 Å². The van der Waals surface area contributed by atoms with Crippen LogP contribution in [0.3, 0.4) is 0 Å². The lowest BCUT2D eigenvalue weighted by atomic mass is 10.1. The number of ketones is 1. The van der Waals surface area contributed by atoms with Crippen molar-refractivity contribution in [2.75, 3.05) is 18.1 Å². The first-order valence-corrected chi connectivity index (χ1v) is 9.30. The average molecular weight is 383 g/mol. The van der Waals surface area contributed by atoms with Crippen LogP contribution in [0, 0.1) is 18.3 Å². The van der Waals surface area contributed by atoms with E-state index >= 15 is 0 Å². The van der Waals surface area contributed by atoms with Crippen LogP contribution in [0.25, 0.3) is 0 Å². The zero-order valence-corrected chi connectivity index (χ0v) is 15.5. The highest BCUT2D eigenvalue weighted by molar-refractivity contribution is 7.09. The number of benzene rings is 1. The largest absolute Gasteiger partial charge is 0.454 e. The van der Waals surface area contributed by atoms with Gasteiger partial charge in [-0.1, -0.05) is 12.1 Å². The van der Waals surface area contributed by atoms with Crippen molar-refractivity contribution in [3.05, 3.63) is 45.9 Å². The van der Waals surface area contributed by atoms with E-state index in [2.05, 4.69) is 4.98 Å². The van der Waals surface area contributed by atoms with Gasteiger partial charge in [0.1, 0.15) is 5.01 Å². The molecule has 138 valence electrons. The van der Waals surface area contributed by atoms with E-state index in [4.69, 9.17) is 4.74 Å². The van der Waals surface area contributed by atoms with Crippen LogP contribution >= 0.6 is 11.3 Å². The van der Waals surface area contributed by atoms with Gasteiger partial charge in [-0.3, -0.25) is 9.59 Å². The number of thiazole rings is 1. The molecule has 0 saturated carbocycles. The summed E-state index contributed by atoms with van der Waals surface area (Å²) < 4.78 is 5.14. The molecule has 1 aliphatic heterocycles. The van der Waals surface area contributed by atoms with Crippen molar-refractivity contribution in [1.82, 2.24) is 4.98 Å². The van der Waals surface area contributed by atoms with Crippen LogP contribution in [-0.2, 0) is 14.3 Å². The third-order valence-electron chi connectivity index (χ3n) is 4.17. The maximum atomic E-state index is 12.5. The fraction of sp³-hybridized carbons (Fsp3) is 0.316. The van der Waals surface area contributed by atoms with E-state index in [9.17, 15) is 19.6 Å². The normalized spacial score (nSPS) is 14.7. The number of nitriles is 1. The Bertz CT molecular complexity index is 931. The van der Waals surface area contributed by atoms with E-state index in [1.807, 2.05) is 6.07 Å². The minimum atomic E-state index is -1.06. The first-order valence-electron chi connectivity index (χ1n) is 8.42. The number of nitrogens with zero attached hydrogens (tertiary/aromatic N) is 3. The number of carbonyl (C=O) groups excluding carboxylic acids is 3. The number of para-hydroxylation sites is 1. The number of hydrogen-bond acceptors (Lipinski definition) is 7. The molecule has 8 heteroatoms. The highest BCUT2D eigenvalue weighted by Crippen LogP contribution is 2.26. The molecule has 1 aromatic carbocycles. The molecule has 1 saturated heterocycles. The molecular weight excluding hydrogens is 366 g/mol. The lowest BCUT2D eigenvalue weighted by molar-refractivity contribution is -0.122. The summed E-state index contributed by atoms with van der Waals surface area (Å²) >= 11 is 1.22. The van der Waals surface area contributed by atoms with Crippen LogP contribution in [0.1, 0.15) is 39.8 Å². The third kappa shape index (κ3) is 4.04. The predicted octanol–water partition coefficient (Wildman–Crippen LogP) is 2.61. The fourth-order valence-corrected chi connectivity index (χ4v) is 3.71. The van der Waals surface area contributed by atoms with Gasteiger partial charge in [0, 0.05) is 24.0 Å². The molecular formula is C19H17N3O4S. The molecule has 27 heavy (non-hydrogen) atoms. The third-order valence-corrected chi connectivity index (χ3v) is 5.20. The average Bonchev–Trinajstić information content (AvgIpc) is 3.28. The number of aryl methyl sites for hydroxylation is 1. The minimum absolute atomic E-state index is 0.0463. The van der Waals surface area contributed by atoms with Gasteiger partial charge in [0.25, 0.3) is 0 Å². The summed E-state index contributed by atoms with van der Waals surface area (Å²) in [6.45, 7) is 1.79. The lowest BCUT2D eigenvalue weighted by Crippen LogP contribution is -2.27. The summed E-state index contributed by atoms with van der Waals surface area (Å²) in [4.78, 5) is 42.5. The number of amides is 1. The zero-order valence-electron chi connectivity index (χ0n) is 14.7. The van der Waals surface area contributed by atoms with Crippen LogP contribution in [0.15, 0.2) is 29.6 Å². The molecule has 1 aromatic heterocycles. The quantitative estimate of drug-likeness (QED) is 0.711. The Kier molecular flexibility index (Phi) is 5.62. The Morgan fingerprint density at radius 3 is 2.81 bits per heavy atom. The van der Waals surface area contributed by atoms with Crippen LogP contribution in [0.4, 0.5) is 5.69 Å². The van der Waals surface area contributed by atoms with Gasteiger partial charge in [0.15, 0.2) is 18.3 Å². The van der Waals surface area contributed by atoms with Crippen LogP contribution in [0.5, 0.6) is 0 Å². The number of Topliss-reactive ketones (excluding diaryl/α,β-unsaturated/α-hetero) is 1. The first-order chi connectivity index (χ1) is 13.0. The van der Waals surface area contributed by atoms with Crippen molar-refractivity contribution in [2.24, 2.45) is 0 Å². The number of aromatic nitrogens is 1. The summed E-state index contributed by atoms with van der Waals surface area (Å²) in [6.07, 6.45) is 1.18. The number of anilines is 1. The molecule has 0 aliphatic carbocycles. The van der Waals surface area contributed by atoms with Gasteiger partial charge in [-0.2, -0.15) is 5.26 Å². The van der Waals surface area contributed by atoms with E-state index in [-0.39, 0.29) is 11.5 Å². The lowest BCUT2D eigenvalue weighted by Gasteiger charge is -2.18. The van der Waals surface area contributed by atoms with Crippen molar-refractivity contribution in [2.45, 2.75) is 25.7 Å². The Hall–Kier alpha value is -3.05. The van der Waals surface area contributed by atoms with Gasteiger partial charge in [-0.15, -0.1) is 11.3 Å². The van der Waals surface area contributed by atoms with Gasteiger partial charge < -0.3 is 9.64 Å². The topological polar surface area (TPSA) is 100 Å². The Morgan fingerprint density at radius 1 is 1.41 bits per heavy atom. The molecule has 3 rings (SSSR count). The minimum Gasteiger partial charge on any atom is -0.454 e. The molecule has 0 radical (unpaired) electrons. The smallest absolute Gasteiger partial charge is 0.340 e. The number of carbonyl (C=O) groups is 3. The van der Waals surface area contributed by atoms with Crippen molar-refractivity contribution < 1.29 is 19.1 Å². The molecule has 1 fully saturated rings. The molecule has 1 atom stereocenters. The number of rotatable bonds is 6. The van der Waals surface area contributed by atoms with Gasteiger partial charge >= 0.3 is 5.97 Å². The molecule has 1 amide bonds. The predicted molar refractivity (Wildman–Crippen MR) is 98.5 cm³/mol. The summed E-state index contributed by atoms with van der Waals surface area (Å²) in [5, 5.41) is 11.4. The van der Waals surface area contributed by atoms with E-state index < -0.39 is 24.3 Å². The Morgan fingerprint density at radius 2 is 2.19 bits per heavy atom.